The first-order valence-corrected chi connectivity index (χ1v) is 12.8. The Morgan fingerprint density at radius 2 is 1.78 bits per heavy atom. The number of piperazine rings is 1. The normalized spacial score (nSPS) is 17.3. The highest BCUT2D eigenvalue weighted by atomic mass is 35.5. The molecule has 32 heavy (non-hydrogen) atoms. The maximum Gasteiger partial charge on any atom is 0.233 e. The van der Waals surface area contributed by atoms with E-state index in [1.807, 2.05) is 29.2 Å². The fraction of sp³-hybridized carbons (Fsp3) is 0.458. The first-order chi connectivity index (χ1) is 15.7. The van der Waals surface area contributed by atoms with Gasteiger partial charge in [-0.1, -0.05) is 42.3 Å². The van der Waals surface area contributed by atoms with Crippen molar-refractivity contribution in [3.8, 4) is 0 Å². The summed E-state index contributed by atoms with van der Waals surface area (Å²) >= 11 is 8.01. The number of aromatic nitrogens is 3. The Balaban J connectivity index is 1.15. The van der Waals surface area contributed by atoms with Crippen LogP contribution in [0.25, 0.3) is 10.8 Å². The molecule has 0 unspecified atom stereocenters. The Morgan fingerprint density at radius 1 is 0.969 bits per heavy atom. The number of carbonyl (C=O) groups is 1. The summed E-state index contributed by atoms with van der Waals surface area (Å²) in [6.07, 6.45) is 4.73. The fourth-order valence-electron chi connectivity index (χ4n) is 4.63. The summed E-state index contributed by atoms with van der Waals surface area (Å²) in [5.74, 6) is 2.83. The van der Waals surface area contributed by atoms with Crippen molar-refractivity contribution < 1.29 is 4.79 Å². The van der Waals surface area contributed by atoms with Crippen LogP contribution in [0.2, 0.25) is 5.02 Å². The monoisotopic (exact) mass is 469 g/mol. The van der Waals surface area contributed by atoms with Gasteiger partial charge in [0, 0.05) is 54.4 Å². The molecule has 1 fully saturated rings. The number of aryl methyl sites for hydroxylation is 1. The number of fused-ring (bicyclic) bond motifs is 2. The SMILES string of the molecule is O=C(CSc1cccc2cccc(Cl)c12)N1CCN(Cc2nnc3n2CCCCC3)CC1. The fourth-order valence-corrected chi connectivity index (χ4v) is 5.98. The van der Waals surface area contributed by atoms with Crippen LogP contribution >= 0.6 is 23.4 Å². The smallest absolute Gasteiger partial charge is 0.233 e. The van der Waals surface area contributed by atoms with Crippen molar-refractivity contribution in [2.75, 3.05) is 31.9 Å². The van der Waals surface area contributed by atoms with Crippen LogP contribution in [0, 0.1) is 0 Å². The van der Waals surface area contributed by atoms with E-state index in [-0.39, 0.29) is 5.91 Å². The topological polar surface area (TPSA) is 54.3 Å². The molecule has 6 nitrogen and oxygen atoms in total. The maximum absolute atomic E-state index is 12.9. The molecule has 2 aliphatic heterocycles. The molecule has 3 aromatic rings. The molecule has 0 radical (unpaired) electrons. The van der Waals surface area contributed by atoms with E-state index in [0.29, 0.717) is 5.75 Å². The van der Waals surface area contributed by atoms with Gasteiger partial charge in [0.25, 0.3) is 0 Å². The third kappa shape index (κ3) is 4.65. The van der Waals surface area contributed by atoms with Crippen LogP contribution in [-0.2, 0) is 24.3 Å². The molecule has 0 N–H and O–H groups in total. The number of benzene rings is 2. The molecule has 1 amide bonds. The zero-order chi connectivity index (χ0) is 21.9. The highest BCUT2D eigenvalue weighted by molar-refractivity contribution is 8.00. The van der Waals surface area contributed by atoms with Crippen molar-refractivity contribution >= 4 is 40.0 Å². The molecule has 0 aliphatic carbocycles. The first-order valence-electron chi connectivity index (χ1n) is 11.4. The molecular weight excluding hydrogens is 442 g/mol. The predicted molar refractivity (Wildman–Crippen MR) is 129 cm³/mol. The molecule has 3 heterocycles. The Hall–Kier alpha value is -2.09. The second-order valence-corrected chi connectivity index (χ2v) is 9.96. The van der Waals surface area contributed by atoms with E-state index in [1.165, 1.54) is 19.3 Å². The lowest BCUT2D eigenvalue weighted by atomic mass is 10.1. The number of halogens is 1. The summed E-state index contributed by atoms with van der Waals surface area (Å²) in [4.78, 5) is 18.3. The average Bonchev–Trinajstić information content (AvgIpc) is 3.03. The number of thioether (sulfide) groups is 1. The highest BCUT2D eigenvalue weighted by Gasteiger charge is 2.23. The zero-order valence-electron chi connectivity index (χ0n) is 18.2. The van der Waals surface area contributed by atoms with Crippen molar-refractivity contribution in [1.29, 1.82) is 0 Å². The molecule has 168 valence electrons. The average molecular weight is 470 g/mol. The second-order valence-electron chi connectivity index (χ2n) is 8.53. The van der Waals surface area contributed by atoms with Gasteiger partial charge in [-0.05, 0) is 30.4 Å². The Bertz CT molecular complexity index is 1100. The lowest BCUT2D eigenvalue weighted by Gasteiger charge is -2.34. The van der Waals surface area contributed by atoms with E-state index in [1.54, 1.807) is 11.8 Å². The second kappa shape index (κ2) is 9.81. The molecule has 2 aliphatic rings. The summed E-state index contributed by atoms with van der Waals surface area (Å²) in [5.41, 5.74) is 0. The number of hydrogen-bond donors (Lipinski definition) is 0. The summed E-state index contributed by atoms with van der Waals surface area (Å²) < 4.78 is 2.32. The number of amides is 1. The lowest BCUT2D eigenvalue weighted by Crippen LogP contribution is -2.49. The van der Waals surface area contributed by atoms with Crippen LogP contribution in [-0.4, -0.2) is 62.4 Å². The number of rotatable bonds is 5. The summed E-state index contributed by atoms with van der Waals surface area (Å²) in [7, 11) is 0. The van der Waals surface area contributed by atoms with Gasteiger partial charge in [0.1, 0.15) is 11.6 Å². The summed E-state index contributed by atoms with van der Waals surface area (Å²) in [5, 5.41) is 11.7. The van der Waals surface area contributed by atoms with Crippen LogP contribution in [0.15, 0.2) is 41.3 Å². The molecule has 8 heteroatoms. The quantitative estimate of drug-likeness (QED) is 0.523. The van der Waals surface area contributed by atoms with E-state index in [9.17, 15) is 4.79 Å². The zero-order valence-corrected chi connectivity index (χ0v) is 19.7. The van der Waals surface area contributed by atoms with Crippen molar-refractivity contribution in [2.45, 2.75) is 43.7 Å². The number of hydrogen-bond acceptors (Lipinski definition) is 5. The number of nitrogens with zero attached hydrogens (tertiary/aromatic N) is 5. The molecule has 0 saturated carbocycles. The Labute approximate surface area is 197 Å². The molecule has 1 saturated heterocycles. The first kappa shape index (κ1) is 21.7. The minimum atomic E-state index is 0.190. The van der Waals surface area contributed by atoms with Crippen LogP contribution in [0.4, 0.5) is 0 Å². The third-order valence-corrected chi connectivity index (χ3v) is 7.80. The minimum absolute atomic E-state index is 0.190. The van der Waals surface area contributed by atoms with E-state index in [0.717, 1.165) is 78.0 Å². The van der Waals surface area contributed by atoms with Gasteiger partial charge in [-0.3, -0.25) is 9.69 Å². The standard InChI is InChI=1S/C24H28ClN5OS/c25-19-8-4-6-18-7-5-9-20(24(18)19)32-17-23(31)29-14-12-28(13-15-29)16-22-27-26-21-10-2-1-3-11-30(21)22/h4-9H,1-3,10-17H2. The van der Waals surface area contributed by atoms with E-state index in [2.05, 4.69) is 31.8 Å². The van der Waals surface area contributed by atoms with Gasteiger partial charge in [-0.15, -0.1) is 22.0 Å². The third-order valence-electron chi connectivity index (χ3n) is 6.44. The largest absolute Gasteiger partial charge is 0.339 e. The van der Waals surface area contributed by atoms with Crippen molar-refractivity contribution in [1.82, 2.24) is 24.6 Å². The van der Waals surface area contributed by atoms with E-state index < -0.39 is 0 Å². The van der Waals surface area contributed by atoms with E-state index >= 15 is 0 Å². The Kier molecular flexibility index (Phi) is 6.67. The molecular formula is C24H28ClN5OS. The molecule has 5 rings (SSSR count). The maximum atomic E-state index is 12.9. The predicted octanol–water partition coefficient (Wildman–Crippen LogP) is 4.25. The van der Waals surface area contributed by atoms with Gasteiger partial charge < -0.3 is 9.47 Å². The minimum Gasteiger partial charge on any atom is -0.339 e. The molecule has 0 spiro atoms. The van der Waals surface area contributed by atoms with Crippen molar-refractivity contribution in [3.05, 3.63) is 53.1 Å². The molecule has 0 atom stereocenters. The summed E-state index contributed by atoms with van der Waals surface area (Å²) in [6, 6.07) is 12.0. The van der Waals surface area contributed by atoms with Gasteiger partial charge in [-0.25, -0.2) is 0 Å². The lowest BCUT2D eigenvalue weighted by molar-refractivity contribution is -0.130. The van der Waals surface area contributed by atoms with Crippen molar-refractivity contribution in [3.63, 3.8) is 0 Å². The van der Waals surface area contributed by atoms with Gasteiger partial charge in [0.2, 0.25) is 5.91 Å². The summed E-state index contributed by atoms with van der Waals surface area (Å²) in [6.45, 7) is 5.12. The van der Waals surface area contributed by atoms with Crippen LogP contribution in [0.1, 0.15) is 30.9 Å². The van der Waals surface area contributed by atoms with Crippen molar-refractivity contribution in [2.24, 2.45) is 0 Å². The van der Waals surface area contributed by atoms with Crippen LogP contribution in [0.3, 0.4) is 0 Å². The molecule has 1 aromatic heterocycles. The van der Waals surface area contributed by atoms with Gasteiger partial charge >= 0.3 is 0 Å². The number of carbonyl (C=O) groups excluding carboxylic acids is 1. The van der Waals surface area contributed by atoms with Gasteiger partial charge in [0.15, 0.2) is 0 Å². The van der Waals surface area contributed by atoms with Gasteiger partial charge in [0.05, 0.1) is 12.3 Å². The van der Waals surface area contributed by atoms with Gasteiger partial charge in [-0.2, -0.15) is 0 Å². The van der Waals surface area contributed by atoms with Crippen LogP contribution < -0.4 is 0 Å². The highest BCUT2D eigenvalue weighted by Crippen LogP contribution is 2.33. The van der Waals surface area contributed by atoms with Crippen LogP contribution in [0.5, 0.6) is 0 Å². The molecule has 2 aromatic carbocycles. The Morgan fingerprint density at radius 3 is 2.62 bits per heavy atom. The molecule has 0 bridgehead atoms. The van der Waals surface area contributed by atoms with E-state index in [4.69, 9.17) is 11.6 Å².